The third kappa shape index (κ3) is 4.82. The number of carbonyl (C=O) groups excluding carboxylic acids is 1. The first kappa shape index (κ1) is 17.5. The van der Waals surface area contributed by atoms with Crippen molar-refractivity contribution in [3.8, 4) is 5.69 Å². The van der Waals surface area contributed by atoms with Crippen LogP contribution in [0.25, 0.3) is 5.69 Å². The van der Waals surface area contributed by atoms with Crippen molar-refractivity contribution in [3.05, 3.63) is 48.3 Å². The molecule has 2 aromatic rings. The van der Waals surface area contributed by atoms with Crippen molar-refractivity contribution in [2.45, 2.75) is 38.9 Å². The Labute approximate surface area is 148 Å². The molecule has 6 nitrogen and oxygen atoms in total. The van der Waals surface area contributed by atoms with E-state index in [0.717, 1.165) is 25.1 Å². The molecule has 0 radical (unpaired) electrons. The van der Waals surface area contributed by atoms with Gasteiger partial charge >= 0.3 is 6.03 Å². The van der Waals surface area contributed by atoms with Crippen LogP contribution in [0.1, 0.15) is 25.8 Å². The molecule has 0 saturated carbocycles. The molecule has 25 heavy (non-hydrogen) atoms. The van der Waals surface area contributed by atoms with Gasteiger partial charge in [0, 0.05) is 32.0 Å². The fraction of sp³-hybridized carbons (Fsp3) is 0.474. The number of aromatic nitrogens is 2. The highest BCUT2D eigenvalue weighted by molar-refractivity contribution is 5.74. The SMILES string of the molecule is C[C@@H]1CCN(C(=O)NCCc2ccc(-n3cccn3)cc2)C[C@H](C)O1. The number of rotatable bonds is 4. The summed E-state index contributed by atoms with van der Waals surface area (Å²) in [6, 6.07) is 10.1. The van der Waals surface area contributed by atoms with Gasteiger partial charge in [-0.3, -0.25) is 0 Å². The molecule has 1 aromatic carbocycles. The van der Waals surface area contributed by atoms with Crippen LogP contribution in [-0.2, 0) is 11.2 Å². The number of nitrogens with zero attached hydrogens (tertiary/aromatic N) is 3. The number of hydrogen-bond donors (Lipinski definition) is 1. The molecule has 1 saturated heterocycles. The Balaban J connectivity index is 1.46. The van der Waals surface area contributed by atoms with Crippen molar-refractivity contribution < 1.29 is 9.53 Å². The van der Waals surface area contributed by atoms with Crippen molar-refractivity contribution in [2.24, 2.45) is 0 Å². The first-order chi connectivity index (χ1) is 12.1. The minimum atomic E-state index is -0.00212. The van der Waals surface area contributed by atoms with E-state index in [0.29, 0.717) is 13.1 Å². The molecule has 0 bridgehead atoms. The lowest BCUT2D eigenvalue weighted by atomic mass is 10.1. The zero-order chi connectivity index (χ0) is 17.6. The smallest absolute Gasteiger partial charge is 0.317 e. The quantitative estimate of drug-likeness (QED) is 0.929. The second-order valence-electron chi connectivity index (χ2n) is 6.59. The summed E-state index contributed by atoms with van der Waals surface area (Å²) in [5, 5.41) is 7.24. The van der Waals surface area contributed by atoms with E-state index in [4.69, 9.17) is 4.74 Å². The summed E-state index contributed by atoms with van der Waals surface area (Å²) in [7, 11) is 0. The number of benzene rings is 1. The molecular formula is C19H26N4O2. The molecule has 0 spiro atoms. The lowest BCUT2D eigenvalue weighted by Crippen LogP contribution is -2.43. The molecule has 134 valence electrons. The molecule has 0 aliphatic carbocycles. The summed E-state index contributed by atoms with van der Waals surface area (Å²) in [6.07, 6.45) is 5.66. The van der Waals surface area contributed by atoms with E-state index in [1.807, 2.05) is 40.9 Å². The van der Waals surface area contributed by atoms with E-state index in [9.17, 15) is 4.79 Å². The van der Waals surface area contributed by atoms with E-state index < -0.39 is 0 Å². The van der Waals surface area contributed by atoms with Gasteiger partial charge in [-0.1, -0.05) is 12.1 Å². The van der Waals surface area contributed by atoms with Gasteiger partial charge in [-0.05, 0) is 50.5 Å². The third-order valence-corrected chi connectivity index (χ3v) is 4.43. The number of urea groups is 1. The second kappa shape index (κ2) is 8.16. The third-order valence-electron chi connectivity index (χ3n) is 4.43. The van der Waals surface area contributed by atoms with Crippen LogP contribution in [0.15, 0.2) is 42.7 Å². The van der Waals surface area contributed by atoms with Gasteiger partial charge in [-0.25, -0.2) is 9.48 Å². The number of nitrogens with one attached hydrogen (secondary N) is 1. The molecular weight excluding hydrogens is 316 g/mol. The fourth-order valence-corrected chi connectivity index (χ4v) is 3.09. The van der Waals surface area contributed by atoms with Crippen LogP contribution < -0.4 is 5.32 Å². The van der Waals surface area contributed by atoms with Crippen molar-refractivity contribution in [1.29, 1.82) is 0 Å². The molecule has 1 N–H and O–H groups in total. The molecule has 2 amide bonds. The van der Waals surface area contributed by atoms with Gasteiger partial charge in [-0.15, -0.1) is 0 Å². The first-order valence-electron chi connectivity index (χ1n) is 8.89. The van der Waals surface area contributed by atoms with Crippen molar-refractivity contribution in [2.75, 3.05) is 19.6 Å². The summed E-state index contributed by atoms with van der Waals surface area (Å²) in [6.45, 7) is 6.10. The van der Waals surface area contributed by atoms with Crippen molar-refractivity contribution >= 4 is 6.03 Å². The maximum Gasteiger partial charge on any atom is 0.317 e. The van der Waals surface area contributed by atoms with E-state index in [2.05, 4.69) is 29.5 Å². The van der Waals surface area contributed by atoms with E-state index in [-0.39, 0.29) is 18.2 Å². The summed E-state index contributed by atoms with van der Waals surface area (Å²) in [5.74, 6) is 0. The lowest BCUT2D eigenvalue weighted by molar-refractivity contribution is 0.0160. The maximum absolute atomic E-state index is 12.4. The zero-order valence-electron chi connectivity index (χ0n) is 14.9. The molecule has 1 aliphatic heterocycles. The van der Waals surface area contributed by atoms with Crippen LogP contribution >= 0.6 is 0 Å². The maximum atomic E-state index is 12.4. The Morgan fingerprint density at radius 1 is 1.28 bits per heavy atom. The average Bonchev–Trinajstić information content (AvgIpc) is 3.07. The van der Waals surface area contributed by atoms with Crippen molar-refractivity contribution in [3.63, 3.8) is 0 Å². The Morgan fingerprint density at radius 2 is 2.08 bits per heavy atom. The van der Waals surface area contributed by atoms with Gasteiger partial charge in [0.25, 0.3) is 0 Å². The molecule has 1 aromatic heterocycles. The van der Waals surface area contributed by atoms with Crippen LogP contribution in [0.2, 0.25) is 0 Å². The summed E-state index contributed by atoms with van der Waals surface area (Å²) in [4.78, 5) is 14.2. The molecule has 0 unspecified atom stereocenters. The fourth-order valence-electron chi connectivity index (χ4n) is 3.09. The van der Waals surface area contributed by atoms with Crippen LogP contribution in [0, 0.1) is 0 Å². The highest BCUT2D eigenvalue weighted by atomic mass is 16.5. The largest absolute Gasteiger partial charge is 0.374 e. The lowest BCUT2D eigenvalue weighted by Gasteiger charge is -2.22. The Hall–Kier alpha value is -2.34. The number of amides is 2. The van der Waals surface area contributed by atoms with Crippen LogP contribution in [-0.4, -0.2) is 52.6 Å². The Kier molecular flexibility index (Phi) is 5.71. The Morgan fingerprint density at radius 3 is 2.80 bits per heavy atom. The predicted octanol–water partition coefficient (Wildman–Crippen LogP) is 2.62. The molecule has 2 atom stereocenters. The Bertz CT molecular complexity index is 669. The van der Waals surface area contributed by atoms with Crippen molar-refractivity contribution in [1.82, 2.24) is 20.0 Å². The predicted molar refractivity (Wildman–Crippen MR) is 96.9 cm³/mol. The van der Waals surface area contributed by atoms with Gasteiger partial charge in [0.1, 0.15) is 0 Å². The first-order valence-corrected chi connectivity index (χ1v) is 8.89. The van der Waals surface area contributed by atoms with Gasteiger partial charge in [0.15, 0.2) is 0 Å². The van der Waals surface area contributed by atoms with Crippen LogP contribution in [0.5, 0.6) is 0 Å². The normalized spacial score (nSPS) is 21.0. The summed E-state index contributed by atoms with van der Waals surface area (Å²) in [5.41, 5.74) is 2.22. The number of hydrogen-bond acceptors (Lipinski definition) is 3. The van der Waals surface area contributed by atoms with Gasteiger partial charge < -0.3 is 15.0 Å². The highest BCUT2D eigenvalue weighted by Gasteiger charge is 2.22. The zero-order valence-corrected chi connectivity index (χ0v) is 14.9. The monoisotopic (exact) mass is 342 g/mol. The number of carbonyl (C=O) groups is 1. The van der Waals surface area contributed by atoms with Gasteiger partial charge in [-0.2, -0.15) is 5.10 Å². The molecule has 1 aliphatic rings. The molecule has 1 fully saturated rings. The molecule has 6 heteroatoms. The average molecular weight is 342 g/mol. The van der Waals surface area contributed by atoms with Gasteiger partial charge in [0.05, 0.1) is 17.9 Å². The van der Waals surface area contributed by atoms with Crippen LogP contribution in [0.4, 0.5) is 4.79 Å². The minimum Gasteiger partial charge on any atom is -0.374 e. The minimum absolute atomic E-state index is 0.00212. The van der Waals surface area contributed by atoms with E-state index >= 15 is 0 Å². The van der Waals surface area contributed by atoms with E-state index in [1.165, 1.54) is 5.56 Å². The van der Waals surface area contributed by atoms with Gasteiger partial charge in [0.2, 0.25) is 0 Å². The topological polar surface area (TPSA) is 59.4 Å². The second-order valence-corrected chi connectivity index (χ2v) is 6.59. The molecule has 2 heterocycles. The highest BCUT2D eigenvalue weighted by Crippen LogP contribution is 2.12. The molecule has 3 rings (SSSR count). The van der Waals surface area contributed by atoms with E-state index in [1.54, 1.807) is 6.20 Å². The summed E-state index contributed by atoms with van der Waals surface area (Å²) < 4.78 is 7.61. The summed E-state index contributed by atoms with van der Waals surface area (Å²) >= 11 is 0. The number of ether oxygens (including phenoxy) is 1. The standard InChI is InChI=1S/C19H26N4O2/c1-15-9-13-22(14-16(2)25-15)19(24)20-11-8-17-4-6-18(7-5-17)23-12-3-10-21-23/h3-7,10,12,15-16H,8-9,11,13-14H2,1-2H3,(H,20,24)/t15-,16+/m1/s1. The van der Waals surface area contributed by atoms with Crippen LogP contribution in [0.3, 0.4) is 0 Å².